The maximum atomic E-state index is 12.7. The Hall–Kier alpha value is -2.23. The van der Waals surface area contributed by atoms with Crippen molar-refractivity contribution in [2.45, 2.75) is 32.7 Å². The van der Waals surface area contributed by atoms with Gasteiger partial charge in [-0.25, -0.2) is 4.98 Å². The van der Waals surface area contributed by atoms with E-state index in [1.54, 1.807) is 6.20 Å². The second-order valence-electron chi connectivity index (χ2n) is 5.54. The van der Waals surface area contributed by atoms with Gasteiger partial charge in [0.15, 0.2) is 0 Å². The molecule has 3 rings (SSSR count). The summed E-state index contributed by atoms with van der Waals surface area (Å²) in [5.41, 5.74) is 3.66. The van der Waals surface area contributed by atoms with E-state index in [1.807, 2.05) is 49.2 Å². The molecule has 0 saturated carbocycles. The first-order valence-electron chi connectivity index (χ1n) is 7.32. The van der Waals surface area contributed by atoms with Crippen LogP contribution >= 0.6 is 0 Å². The lowest BCUT2D eigenvalue weighted by Gasteiger charge is -2.24. The fraction of sp³-hybridized carbons (Fsp3) is 0.353. The van der Waals surface area contributed by atoms with Crippen LogP contribution in [0.4, 0.5) is 0 Å². The van der Waals surface area contributed by atoms with Gasteiger partial charge in [0, 0.05) is 24.6 Å². The summed E-state index contributed by atoms with van der Waals surface area (Å²) in [5, 5.41) is 0. The van der Waals surface area contributed by atoms with Gasteiger partial charge in [-0.05, 0) is 49.9 Å². The summed E-state index contributed by atoms with van der Waals surface area (Å²) in [5.74, 6) is 0.0180. The van der Waals surface area contributed by atoms with Gasteiger partial charge in [0.1, 0.15) is 5.69 Å². The molecule has 3 heterocycles. The van der Waals surface area contributed by atoms with Gasteiger partial charge in [-0.2, -0.15) is 0 Å². The number of aromatic nitrogens is 2. The minimum Gasteiger partial charge on any atom is -0.330 e. The predicted molar refractivity (Wildman–Crippen MR) is 81.0 cm³/mol. The molecule has 0 aliphatic carbocycles. The van der Waals surface area contributed by atoms with Crippen molar-refractivity contribution in [1.82, 2.24) is 14.9 Å². The van der Waals surface area contributed by atoms with Crippen molar-refractivity contribution in [1.29, 1.82) is 0 Å². The lowest BCUT2D eigenvalue weighted by atomic mass is 10.1. The highest BCUT2D eigenvalue weighted by Gasteiger charge is 2.31. The standard InChI is InChI=1S/C17H19N3O/c1-12-7-8-15(19-13(12)2)17(21)20-10-4-6-16(20)14-5-3-9-18-11-14/h3,5,7-9,11,16H,4,6,10H2,1-2H3. The molecule has 1 atom stereocenters. The van der Waals surface area contributed by atoms with Crippen LogP contribution in [-0.2, 0) is 0 Å². The van der Waals surface area contributed by atoms with E-state index in [0.29, 0.717) is 5.69 Å². The molecule has 0 aromatic carbocycles. The lowest BCUT2D eigenvalue weighted by Crippen LogP contribution is -2.31. The van der Waals surface area contributed by atoms with E-state index < -0.39 is 0 Å². The SMILES string of the molecule is Cc1ccc(C(=O)N2CCCC2c2cccnc2)nc1C. The highest BCUT2D eigenvalue weighted by molar-refractivity contribution is 5.92. The Balaban J connectivity index is 1.88. The zero-order valence-corrected chi connectivity index (χ0v) is 12.4. The lowest BCUT2D eigenvalue weighted by molar-refractivity contribution is 0.0729. The topological polar surface area (TPSA) is 46.1 Å². The number of aryl methyl sites for hydroxylation is 2. The summed E-state index contributed by atoms with van der Waals surface area (Å²) in [7, 11) is 0. The summed E-state index contributed by atoms with van der Waals surface area (Å²) < 4.78 is 0. The number of carbonyl (C=O) groups excluding carboxylic acids is 1. The number of pyridine rings is 2. The van der Waals surface area contributed by atoms with Gasteiger partial charge >= 0.3 is 0 Å². The highest BCUT2D eigenvalue weighted by atomic mass is 16.2. The molecule has 1 fully saturated rings. The summed E-state index contributed by atoms with van der Waals surface area (Å²) in [6, 6.07) is 7.87. The van der Waals surface area contributed by atoms with Gasteiger partial charge in [0.05, 0.1) is 6.04 Å². The zero-order valence-electron chi connectivity index (χ0n) is 12.4. The van der Waals surface area contributed by atoms with Gasteiger partial charge < -0.3 is 4.90 Å². The van der Waals surface area contributed by atoms with E-state index >= 15 is 0 Å². The summed E-state index contributed by atoms with van der Waals surface area (Å²) in [6.07, 6.45) is 5.62. The fourth-order valence-corrected chi connectivity index (χ4v) is 2.83. The van der Waals surface area contributed by atoms with Crippen molar-refractivity contribution in [3.8, 4) is 0 Å². The molecule has 108 valence electrons. The number of amides is 1. The van der Waals surface area contributed by atoms with Gasteiger partial charge in [0.25, 0.3) is 5.91 Å². The van der Waals surface area contributed by atoms with Crippen molar-refractivity contribution in [3.05, 3.63) is 59.2 Å². The van der Waals surface area contributed by atoms with Gasteiger partial charge in [0.2, 0.25) is 0 Å². The quantitative estimate of drug-likeness (QED) is 0.850. The number of hydrogen-bond acceptors (Lipinski definition) is 3. The first-order valence-corrected chi connectivity index (χ1v) is 7.32. The van der Waals surface area contributed by atoms with Crippen molar-refractivity contribution >= 4 is 5.91 Å². The third-order valence-corrected chi connectivity index (χ3v) is 4.15. The molecule has 0 spiro atoms. The van der Waals surface area contributed by atoms with Crippen LogP contribution in [0.3, 0.4) is 0 Å². The van der Waals surface area contributed by atoms with E-state index in [1.165, 1.54) is 0 Å². The van der Waals surface area contributed by atoms with Gasteiger partial charge in [-0.1, -0.05) is 12.1 Å². The molecular weight excluding hydrogens is 262 g/mol. The van der Waals surface area contributed by atoms with Crippen LogP contribution in [0.2, 0.25) is 0 Å². The van der Waals surface area contributed by atoms with E-state index in [4.69, 9.17) is 0 Å². The molecule has 1 amide bonds. The van der Waals surface area contributed by atoms with Crippen LogP contribution in [0.1, 0.15) is 46.2 Å². The van der Waals surface area contributed by atoms with Crippen molar-refractivity contribution in [2.24, 2.45) is 0 Å². The number of carbonyl (C=O) groups is 1. The molecule has 1 aliphatic heterocycles. The molecular formula is C17H19N3O. The highest BCUT2D eigenvalue weighted by Crippen LogP contribution is 2.32. The second kappa shape index (κ2) is 5.64. The zero-order chi connectivity index (χ0) is 14.8. The first-order chi connectivity index (χ1) is 10.2. The monoisotopic (exact) mass is 281 g/mol. The summed E-state index contributed by atoms with van der Waals surface area (Å²) in [6.45, 7) is 4.73. The molecule has 2 aromatic heterocycles. The van der Waals surface area contributed by atoms with Crippen molar-refractivity contribution in [3.63, 3.8) is 0 Å². The molecule has 1 unspecified atom stereocenters. The number of rotatable bonds is 2. The van der Waals surface area contributed by atoms with Crippen LogP contribution < -0.4 is 0 Å². The molecule has 1 saturated heterocycles. The Morgan fingerprint density at radius 1 is 1.29 bits per heavy atom. The number of likely N-dealkylation sites (tertiary alicyclic amines) is 1. The van der Waals surface area contributed by atoms with E-state index in [0.717, 1.165) is 36.2 Å². The Kier molecular flexibility index (Phi) is 3.69. The van der Waals surface area contributed by atoms with Gasteiger partial charge in [-0.15, -0.1) is 0 Å². The fourth-order valence-electron chi connectivity index (χ4n) is 2.83. The maximum Gasteiger partial charge on any atom is 0.272 e. The molecule has 0 bridgehead atoms. The average molecular weight is 281 g/mol. The van der Waals surface area contributed by atoms with E-state index in [9.17, 15) is 4.79 Å². The Morgan fingerprint density at radius 2 is 2.14 bits per heavy atom. The molecule has 21 heavy (non-hydrogen) atoms. The first kappa shape index (κ1) is 13.7. The Morgan fingerprint density at radius 3 is 2.86 bits per heavy atom. The third-order valence-electron chi connectivity index (χ3n) is 4.15. The molecule has 2 aromatic rings. The van der Waals surface area contributed by atoms with Crippen LogP contribution in [0, 0.1) is 13.8 Å². The summed E-state index contributed by atoms with van der Waals surface area (Å²) >= 11 is 0. The maximum absolute atomic E-state index is 12.7. The molecule has 1 aliphatic rings. The largest absolute Gasteiger partial charge is 0.330 e. The molecule has 4 nitrogen and oxygen atoms in total. The van der Waals surface area contributed by atoms with Crippen LogP contribution in [-0.4, -0.2) is 27.3 Å². The van der Waals surface area contributed by atoms with Crippen LogP contribution in [0.25, 0.3) is 0 Å². The van der Waals surface area contributed by atoms with Crippen molar-refractivity contribution in [2.75, 3.05) is 6.54 Å². The minimum atomic E-state index is 0.0180. The average Bonchev–Trinajstić information content (AvgIpc) is 2.99. The molecule has 4 heteroatoms. The summed E-state index contributed by atoms with van der Waals surface area (Å²) in [4.78, 5) is 23.3. The van der Waals surface area contributed by atoms with Crippen molar-refractivity contribution < 1.29 is 4.79 Å². The Labute approximate surface area is 124 Å². The van der Waals surface area contributed by atoms with Gasteiger partial charge in [-0.3, -0.25) is 9.78 Å². The molecule has 0 radical (unpaired) electrons. The van der Waals surface area contributed by atoms with Crippen LogP contribution in [0.15, 0.2) is 36.7 Å². The normalized spacial score (nSPS) is 18.0. The van der Waals surface area contributed by atoms with E-state index in [2.05, 4.69) is 9.97 Å². The van der Waals surface area contributed by atoms with E-state index in [-0.39, 0.29) is 11.9 Å². The molecule has 0 N–H and O–H groups in total. The van der Waals surface area contributed by atoms with Crippen LogP contribution in [0.5, 0.6) is 0 Å². The predicted octanol–water partition coefficient (Wildman–Crippen LogP) is 3.07. The third kappa shape index (κ3) is 2.66. The number of hydrogen-bond donors (Lipinski definition) is 0. The minimum absolute atomic E-state index is 0.0180. The number of nitrogens with zero attached hydrogens (tertiary/aromatic N) is 3. The smallest absolute Gasteiger partial charge is 0.272 e. The Bertz CT molecular complexity index is 654. The second-order valence-corrected chi connectivity index (χ2v) is 5.54.